The summed E-state index contributed by atoms with van der Waals surface area (Å²) in [6.45, 7) is 0.849. The lowest BCUT2D eigenvalue weighted by atomic mass is 10.2. The highest BCUT2D eigenvalue weighted by atomic mass is 35.5. The number of alkyl halides is 1. The second kappa shape index (κ2) is 6.06. The fraction of sp³-hybridized carbons (Fsp3) is 0.583. The van der Waals surface area contributed by atoms with Gasteiger partial charge in [0.25, 0.3) is 0 Å². The maximum Gasteiger partial charge on any atom is 0.150 e. The molecule has 1 aromatic heterocycles. The number of halogens is 1. The zero-order valence-electron chi connectivity index (χ0n) is 9.31. The van der Waals surface area contributed by atoms with E-state index in [2.05, 4.69) is 17.3 Å². The Morgan fingerprint density at radius 3 is 3.25 bits per heavy atom. The van der Waals surface area contributed by atoms with Crippen molar-refractivity contribution in [1.82, 2.24) is 9.78 Å². The first-order chi connectivity index (χ1) is 7.90. The summed E-state index contributed by atoms with van der Waals surface area (Å²) >= 11 is 5.60. The van der Waals surface area contributed by atoms with E-state index in [1.807, 2.05) is 17.1 Å². The van der Waals surface area contributed by atoms with Gasteiger partial charge in [0.05, 0.1) is 6.20 Å². The first kappa shape index (κ1) is 11.7. The first-order valence-electron chi connectivity index (χ1n) is 5.78. The van der Waals surface area contributed by atoms with Gasteiger partial charge in [-0.25, -0.2) is 4.68 Å². The van der Waals surface area contributed by atoms with Gasteiger partial charge in [-0.05, 0) is 25.7 Å². The third-order valence-corrected chi connectivity index (χ3v) is 2.88. The molecular formula is C12H17ClN2O. The summed E-state index contributed by atoms with van der Waals surface area (Å²) in [7, 11) is 0. The Morgan fingerprint density at radius 2 is 2.50 bits per heavy atom. The molecular weight excluding hydrogens is 224 g/mol. The minimum Gasteiger partial charge on any atom is -0.357 e. The van der Waals surface area contributed by atoms with Crippen molar-refractivity contribution in [3.05, 3.63) is 24.0 Å². The molecule has 0 N–H and O–H groups in total. The fourth-order valence-electron chi connectivity index (χ4n) is 1.81. The maximum atomic E-state index is 5.66. The second-order valence-corrected chi connectivity index (χ2v) is 4.33. The predicted octanol–water partition coefficient (Wildman–Crippen LogP) is 3.22. The molecule has 1 atom stereocenters. The van der Waals surface area contributed by atoms with Gasteiger partial charge < -0.3 is 4.74 Å². The molecule has 2 heterocycles. The summed E-state index contributed by atoms with van der Waals surface area (Å²) < 4.78 is 7.57. The van der Waals surface area contributed by atoms with E-state index in [1.54, 1.807) is 0 Å². The zero-order valence-corrected chi connectivity index (χ0v) is 10.1. The molecule has 0 aromatic carbocycles. The molecule has 88 valence electrons. The summed E-state index contributed by atoms with van der Waals surface area (Å²) in [5.41, 5.74) is 1.11. The zero-order chi connectivity index (χ0) is 11.2. The number of rotatable bonds is 4. The largest absolute Gasteiger partial charge is 0.357 e. The van der Waals surface area contributed by atoms with E-state index >= 15 is 0 Å². The Morgan fingerprint density at radius 1 is 1.56 bits per heavy atom. The smallest absolute Gasteiger partial charge is 0.150 e. The van der Waals surface area contributed by atoms with Crippen molar-refractivity contribution in [3.63, 3.8) is 0 Å². The third kappa shape index (κ3) is 3.09. The molecule has 16 heavy (non-hydrogen) atoms. The van der Waals surface area contributed by atoms with Gasteiger partial charge >= 0.3 is 0 Å². The average Bonchev–Trinajstić information content (AvgIpc) is 2.79. The molecule has 1 aliphatic heterocycles. The number of hydrogen-bond acceptors (Lipinski definition) is 2. The van der Waals surface area contributed by atoms with Crippen LogP contribution in [0.2, 0.25) is 0 Å². The van der Waals surface area contributed by atoms with Crippen LogP contribution in [0.1, 0.15) is 37.5 Å². The van der Waals surface area contributed by atoms with E-state index < -0.39 is 0 Å². The van der Waals surface area contributed by atoms with Crippen LogP contribution in [0.3, 0.4) is 0 Å². The Labute approximate surface area is 101 Å². The molecule has 0 bridgehead atoms. The number of nitrogens with zero attached hydrogens (tertiary/aromatic N) is 2. The standard InChI is InChI=1S/C12H17ClN2O/c13-7-3-1-5-11-9-14-15(10-11)12-6-2-4-8-16-12/h1,5,9-10,12H,2-4,6-8H2/t12-/m0/s1. The van der Waals surface area contributed by atoms with Crippen LogP contribution in [0.15, 0.2) is 18.5 Å². The lowest BCUT2D eigenvalue weighted by Gasteiger charge is -2.22. The highest BCUT2D eigenvalue weighted by Crippen LogP contribution is 2.21. The highest BCUT2D eigenvalue weighted by molar-refractivity contribution is 6.17. The number of ether oxygens (including phenoxy) is 1. The van der Waals surface area contributed by atoms with Crippen LogP contribution < -0.4 is 0 Å². The topological polar surface area (TPSA) is 27.1 Å². The summed E-state index contributed by atoms with van der Waals surface area (Å²) in [5, 5.41) is 4.33. The van der Waals surface area contributed by atoms with Gasteiger partial charge in [0.2, 0.25) is 0 Å². The molecule has 0 spiro atoms. The third-order valence-electron chi connectivity index (χ3n) is 2.66. The quantitative estimate of drug-likeness (QED) is 0.756. The molecule has 0 amide bonds. The van der Waals surface area contributed by atoms with Crippen molar-refractivity contribution in [2.45, 2.75) is 31.9 Å². The molecule has 4 heteroatoms. The Hall–Kier alpha value is -0.800. The molecule has 0 radical (unpaired) electrons. The van der Waals surface area contributed by atoms with E-state index in [0.29, 0.717) is 5.88 Å². The van der Waals surface area contributed by atoms with E-state index in [9.17, 15) is 0 Å². The molecule has 0 aliphatic carbocycles. The Kier molecular flexibility index (Phi) is 4.43. The Bertz CT molecular complexity index is 343. The van der Waals surface area contributed by atoms with Crippen molar-refractivity contribution in [2.24, 2.45) is 0 Å². The van der Waals surface area contributed by atoms with Gasteiger partial charge in [0.15, 0.2) is 0 Å². The maximum absolute atomic E-state index is 5.66. The molecule has 1 saturated heterocycles. The SMILES string of the molecule is ClCCC=Cc1cnn([C@@H]2CCCCO2)c1. The molecule has 1 aliphatic rings. The minimum absolute atomic E-state index is 0.129. The van der Waals surface area contributed by atoms with Crippen molar-refractivity contribution in [1.29, 1.82) is 0 Å². The van der Waals surface area contributed by atoms with Gasteiger partial charge in [0.1, 0.15) is 6.23 Å². The van der Waals surface area contributed by atoms with Crippen molar-refractivity contribution < 1.29 is 4.74 Å². The van der Waals surface area contributed by atoms with Crippen LogP contribution >= 0.6 is 11.6 Å². The van der Waals surface area contributed by atoms with E-state index in [4.69, 9.17) is 16.3 Å². The monoisotopic (exact) mass is 240 g/mol. The van der Waals surface area contributed by atoms with Gasteiger partial charge in [-0.2, -0.15) is 5.10 Å². The van der Waals surface area contributed by atoms with Crippen LogP contribution in [-0.2, 0) is 4.74 Å². The van der Waals surface area contributed by atoms with Crippen LogP contribution in [-0.4, -0.2) is 22.3 Å². The van der Waals surface area contributed by atoms with Crippen molar-refractivity contribution in [3.8, 4) is 0 Å². The lowest BCUT2D eigenvalue weighted by Crippen LogP contribution is -2.18. The molecule has 0 saturated carbocycles. The molecule has 3 nitrogen and oxygen atoms in total. The summed E-state index contributed by atoms with van der Waals surface area (Å²) in [5.74, 6) is 0.663. The van der Waals surface area contributed by atoms with Gasteiger partial charge in [-0.3, -0.25) is 0 Å². The molecule has 1 fully saturated rings. The van der Waals surface area contributed by atoms with E-state index in [-0.39, 0.29) is 6.23 Å². The number of allylic oxidation sites excluding steroid dienone is 1. The average molecular weight is 241 g/mol. The van der Waals surface area contributed by atoms with Crippen LogP contribution in [0.4, 0.5) is 0 Å². The molecule has 0 unspecified atom stereocenters. The summed E-state index contributed by atoms with van der Waals surface area (Å²) in [4.78, 5) is 0. The summed E-state index contributed by atoms with van der Waals surface area (Å²) in [6, 6.07) is 0. The van der Waals surface area contributed by atoms with Crippen molar-refractivity contribution in [2.75, 3.05) is 12.5 Å². The normalized spacial score (nSPS) is 21.7. The van der Waals surface area contributed by atoms with Crippen LogP contribution in [0.5, 0.6) is 0 Å². The molecule has 1 aromatic rings. The second-order valence-electron chi connectivity index (χ2n) is 3.95. The summed E-state index contributed by atoms with van der Waals surface area (Å²) in [6.07, 6.45) is 12.5. The highest BCUT2D eigenvalue weighted by Gasteiger charge is 2.15. The van der Waals surface area contributed by atoms with Crippen LogP contribution in [0.25, 0.3) is 6.08 Å². The number of hydrogen-bond donors (Lipinski definition) is 0. The first-order valence-corrected chi connectivity index (χ1v) is 6.32. The molecule has 2 rings (SSSR count). The van der Waals surface area contributed by atoms with Gasteiger partial charge in [-0.1, -0.05) is 12.2 Å². The van der Waals surface area contributed by atoms with E-state index in [1.165, 1.54) is 12.8 Å². The van der Waals surface area contributed by atoms with Crippen LogP contribution in [0, 0.1) is 0 Å². The van der Waals surface area contributed by atoms with E-state index in [0.717, 1.165) is 25.0 Å². The minimum atomic E-state index is 0.129. The fourth-order valence-corrected chi connectivity index (χ4v) is 1.94. The predicted molar refractivity (Wildman–Crippen MR) is 65.4 cm³/mol. The lowest BCUT2D eigenvalue weighted by molar-refractivity contribution is -0.0394. The van der Waals surface area contributed by atoms with Gasteiger partial charge in [-0.15, -0.1) is 11.6 Å². The Balaban J connectivity index is 1.95. The number of aromatic nitrogens is 2. The van der Waals surface area contributed by atoms with Gasteiger partial charge in [0, 0.05) is 24.2 Å². The van der Waals surface area contributed by atoms with Crippen molar-refractivity contribution >= 4 is 17.7 Å².